The summed E-state index contributed by atoms with van der Waals surface area (Å²) in [5.74, 6) is 6.06. The second-order valence-electron chi connectivity index (χ2n) is 6.96. The van der Waals surface area contributed by atoms with Gasteiger partial charge in [0.1, 0.15) is 0 Å². The molecule has 7 nitrogen and oxygen atoms in total. The van der Waals surface area contributed by atoms with Crippen molar-refractivity contribution >= 4 is 23.1 Å². The highest BCUT2D eigenvalue weighted by molar-refractivity contribution is 6.00. The molecule has 28 heavy (non-hydrogen) atoms. The molecular formula is C21H30N6O. The third-order valence-electron chi connectivity index (χ3n) is 4.19. The quantitative estimate of drug-likeness (QED) is 0.414. The molecule has 0 aliphatic rings. The number of urea groups is 1. The van der Waals surface area contributed by atoms with Crippen molar-refractivity contribution in [3.63, 3.8) is 0 Å². The molecule has 0 aliphatic carbocycles. The summed E-state index contributed by atoms with van der Waals surface area (Å²) < 4.78 is 0. The molecule has 0 atom stereocenters. The normalized spacial score (nSPS) is 11.4. The van der Waals surface area contributed by atoms with E-state index < -0.39 is 0 Å². The highest BCUT2D eigenvalue weighted by atomic mass is 16.2. The summed E-state index contributed by atoms with van der Waals surface area (Å²) in [5, 5.41) is 7.13. The summed E-state index contributed by atoms with van der Waals surface area (Å²) >= 11 is 0. The summed E-state index contributed by atoms with van der Waals surface area (Å²) in [6.45, 7) is 2.92. The summed E-state index contributed by atoms with van der Waals surface area (Å²) in [4.78, 5) is 14.3. The van der Waals surface area contributed by atoms with Gasteiger partial charge in [-0.05, 0) is 76.3 Å². The van der Waals surface area contributed by atoms with E-state index in [2.05, 4.69) is 15.5 Å². The zero-order valence-electron chi connectivity index (χ0n) is 16.8. The number of aryl methyl sites for hydroxylation is 1. The molecule has 0 saturated heterocycles. The fraction of sp³-hybridized carbons (Fsp3) is 0.286. The predicted molar refractivity (Wildman–Crippen MR) is 117 cm³/mol. The maximum atomic E-state index is 12.2. The van der Waals surface area contributed by atoms with Gasteiger partial charge in [-0.2, -0.15) is 0 Å². The maximum Gasteiger partial charge on any atom is 0.323 e. The van der Waals surface area contributed by atoms with Crippen LogP contribution in [0.25, 0.3) is 0 Å². The van der Waals surface area contributed by atoms with Gasteiger partial charge in [-0.1, -0.05) is 18.2 Å². The fourth-order valence-electron chi connectivity index (χ4n) is 2.63. The number of benzene rings is 2. The van der Waals surface area contributed by atoms with E-state index in [4.69, 9.17) is 11.6 Å². The Morgan fingerprint density at radius 3 is 2.39 bits per heavy atom. The largest absolute Gasteiger partial charge is 0.401 e. The molecule has 0 saturated carbocycles. The Balaban J connectivity index is 1.89. The molecule has 2 aromatic carbocycles. The number of para-hydroxylation sites is 1. The molecule has 0 bridgehead atoms. The van der Waals surface area contributed by atoms with Crippen LogP contribution in [0.2, 0.25) is 0 Å². The second-order valence-corrected chi connectivity index (χ2v) is 6.96. The van der Waals surface area contributed by atoms with Gasteiger partial charge in [0.15, 0.2) is 0 Å². The Kier molecular flexibility index (Phi) is 7.86. The van der Waals surface area contributed by atoms with Crippen LogP contribution in [-0.4, -0.2) is 31.6 Å². The summed E-state index contributed by atoms with van der Waals surface area (Å²) in [6.07, 6.45) is 3.48. The number of nitrogens with two attached hydrogens (primary N) is 2. The highest BCUT2D eigenvalue weighted by Gasteiger charge is 2.06. The van der Waals surface area contributed by atoms with E-state index in [-0.39, 0.29) is 6.03 Å². The van der Waals surface area contributed by atoms with Gasteiger partial charge in [0.2, 0.25) is 0 Å². The van der Waals surface area contributed by atoms with Crippen LogP contribution < -0.4 is 27.2 Å². The molecule has 150 valence electrons. The van der Waals surface area contributed by atoms with E-state index in [1.165, 1.54) is 5.01 Å². The minimum Gasteiger partial charge on any atom is -0.401 e. The molecule has 2 amide bonds. The highest BCUT2D eigenvalue weighted by Crippen LogP contribution is 2.18. The fourth-order valence-corrected chi connectivity index (χ4v) is 2.63. The average molecular weight is 383 g/mol. The Bertz CT molecular complexity index is 801. The zero-order chi connectivity index (χ0) is 20.5. The lowest BCUT2D eigenvalue weighted by Gasteiger charge is -2.16. The van der Waals surface area contributed by atoms with Gasteiger partial charge >= 0.3 is 6.03 Å². The number of nitrogens with one attached hydrogen (secondary N) is 2. The van der Waals surface area contributed by atoms with Crippen molar-refractivity contribution in [3.05, 3.63) is 66.0 Å². The first-order valence-corrected chi connectivity index (χ1v) is 9.23. The third kappa shape index (κ3) is 6.94. The monoisotopic (exact) mass is 382 g/mol. The van der Waals surface area contributed by atoms with Crippen LogP contribution in [0.1, 0.15) is 18.4 Å². The maximum absolute atomic E-state index is 12.2. The third-order valence-corrected chi connectivity index (χ3v) is 4.19. The van der Waals surface area contributed by atoms with E-state index in [1.807, 2.05) is 57.4 Å². The molecule has 0 spiro atoms. The lowest BCUT2D eigenvalue weighted by atomic mass is 10.2. The van der Waals surface area contributed by atoms with Crippen molar-refractivity contribution in [2.45, 2.75) is 19.8 Å². The minimum atomic E-state index is -0.295. The first kappa shape index (κ1) is 21.3. The lowest BCUT2D eigenvalue weighted by molar-refractivity contribution is 0.262. The van der Waals surface area contributed by atoms with Gasteiger partial charge in [0.05, 0.1) is 5.69 Å². The van der Waals surface area contributed by atoms with Crippen molar-refractivity contribution in [2.24, 2.45) is 11.6 Å². The van der Waals surface area contributed by atoms with Crippen LogP contribution in [0.3, 0.4) is 0 Å². The van der Waals surface area contributed by atoms with E-state index in [0.29, 0.717) is 5.69 Å². The van der Waals surface area contributed by atoms with Gasteiger partial charge in [-0.15, -0.1) is 0 Å². The Morgan fingerprint density at radius 1 is 1.07 bits per heavy atom. The molecule has 2 aromatic rings. The van der Waals surface area contributed by atoms with Crippen LogP contribution in [0, 0.1) is 6.92 Å². The molecular weight excluding hydrogens is 352 g/mol. The second kappa shape index (κ2) is 10.3. The number of amides is 2. The number of hydrogen-bond acceptors (Lipinski definition) is 5. The summed E-state index contributed by atoms with van der Waals surface area (Å²) in [7, 11) is 4.07. The predicted octanol–water partition coefficient (Wildman–Crippen LogP) is 3.46. The SMILES string of the molecule is Cc1ccccc1NC(=O)Nc1ccc(N(N)/C=C(\N)CCCN(C)C)cc1. The van der Waals surface area contributed by atoms with Gasteiger partial charge in [-0.25, -0.2) is 10.6 Å². The van der Waals surface area contributed by atoms with E-state index in [1.54, 1.807) is 18.3 Å². The number of anilines is 3. The van der Waals surface area contributed by atoms with E-state index in [0.717, 1.165) is 42.0 Å². The molecule has 0 radical (unpaired) electrons. The molecule has 0 heterocycles. The zero-order valence-corrected chi connectivity index (χ0v) is 16.8. The van der Waals surface area contributed by atoms with Crippen LogP contribution in [0.4, 0.5) is 21.9 Å². The van der Waals surface area contributed by atoms with Gasteiger partial charge in [-0.3, -0.25) is 5.01 Å². The Labute approximate surface area is 167 Å². The lowest BCUT2D eigenvalue weighted by Crippen LogP contribution is -2.26. The smallest absolute Gasteiger partial charge is 0.323 e. The van der Waals surface area contributed by atoms with Crippen LogP contribution in [-0.2, 0) is 0 Å². The molecule has 2 rings (SSSR count). The number of carbonyl (C=O) groups excluding carboxylic acids is 1. The first-order chi connectivity index (χ1) is 13.3. The number of nitrogens with zero attached hydrogens (tertiary/aromatic N) is 2. The van der Waals surface area contributed by atoms with Crippen molar-refractivity contribution in [1.82, 2.24) is 4.90 Å². The van der Waals surface area contributed by atoms with Crippen molar-refractivity contribution in [3.8, 4) is 0 Å². The molecule has 7 heteroatoms. The number of rotatable bonds is 8. The van der Waals surface area contributed by atoms with Crippen molar-refractivity contribution < 1.29 is 4.79 Å². The number of hydrazine groups is 1. The Morgan fingerprint density at radius 2 is 1.75 bits per heavy atom. The molecule has 6 N–H and O–H groups in total. The van der Waals surface area contributed by atoms with Crippen LogP contribution >= 0.6 is 0 Å². The van der Waals surface area contributed by atoms with Crippen molar-refractivity contribution in [2.75, 3.05) is 36.3 Å². The van der Waals surface area contributed by atoms with Gasteiger partial charge in [0.25, 0.3) is 0 Å². The summed E-state index contributed by atoms with van der Waals surface area (Å²) in [5.41, 5.74) is 9.99. The van der Waals surface area contributed by atoms with Crippen LogP contribution in [0.15, 0.2) is 60.4 Å². The molecule has 0 aliphatic heterocycles. The number of carbonyl (C=O) groups is 1. The van der Waals surface area contributed by atoms with Gasteiger partial charge in [0, 0.05) is 23.3 Å². The minimum absolute atomic E-state index is 0.295. The Hall–Kier alpha value is -3.03. The van der Waals surface area contributed by atoms with E-state index in [9.17, 15) is 4.79 Å². The van der Waals surface area contributed by atoms with Crippen LogP contribution in [0.5, 0.6) is 0 Å². The standard InChI is InChI=1S/C21H30N6O/c1-16-7-4-5-9-20(16)25-21(28)24-18-10-12-19(13-11-18)27(23)15-17(22)8-6-14-26(2)3/h4-5,7,9-13,15H,6,8,14,22-23H2,1-3H3,(H2,24,25,28)/b17-15-. The topological polar surface area (TPSA) is 99.6 Å². The molecule has 0 fully saturated rings. The van der Waals surface area contributed by atoms with Gasteiger partial charge < -0.3 is 21.3 Å². The average Bonchev–Trinajstić information content (AvgIpc) is 2.63. The number of allylic oxidation sites excluding steroid dienone is 1. The van der Waals surface area contributed by atoms with E-state index >= 15 is 0 Å². The molecule has 0 aromatic heterocycles. The summed E-state index contributed by atoms with van der Waals surface area (Å²) in [6, 6.07) is 14.6. The number of hydrogen-bond donors (Lipinski definition) is 4. The first-order valence-electron chi connectivity index (χ1n) is 9.23. The molecule has 0 unspecified atom stereocenters. The van der Waals surface area contributed by atoms with Crippen molar-refractivity contribution in [1.29, 1.82) is 0 Å².